The second-order valence-corrected chi connectivity index (χ2v) is 21.4. The lowest BCUT2D eigenvalue weighted by Crippen LogP contribution is -2.47. The van der Waals surface area contributed by atoms with Crippen LogP contribution in [-0.2, 0) is 52.9 Å². The van der Waals surface area contributed by atoms with E-state index in [2.05, 4.69) is 65.0 Å². The van der Waals surface area contributed by atoms with Crippen LogP contribution in [0.15, 0.2) is 181 Å². The van der Waals surface area contributed by atoms with Crippen molar-refractivity contribution in [2.24, 2.45) is 30.7 Å². The first-order valence-electron chi connectivity index (χ1n) is 20.8. The maximum atomic E-state index is 13.3. The molecular weight excluding hydrogens is 1120 g/mol. The number of sulfone groups is 1. The third-order valence-electron chi connectivity index (χ3n) is 10.1. The summed E-state index contributed by atoms with van der Waals surface area (Å²) in [5.41, 5.74) is 8.96. The van der Waals surface area contributed by atoms with E-state index in [1.165, 1.54) is 103 Å². The van der Waals surface area contributed by atoms with Crippen molar-refractivity contribution in [1.29, 1.82) is 0 Å². The van der Waals surface area contributed by atoms with Crippen molar-refractivity contribution in [1.82, 2.24) is 0 Å². The predicted octanol–water partition coefficient (Wildman–Crippen LogP) is 6.57. The van der Waals surface area contributed by atoms with Crippen LogP contribution < -0.4 is 42.9 Å². The standard InChI is InChI=1S/C42H33N11O19S5/c43-37-36-23(21-34(73-71-69-59)39(37)50-46-26-7-13-30(14-8-26)75(61,62)20-19-68-74-72-70-60)22-35(77(65,66)67)40(42(36)56)51-47-24-1-3-28(4-2-24)52-76(63,64)31-15-9-27(10-16-31)45-49-38-33(54)18-17-32(41(38)55)48-44-25-5-11-29(12-6-25)53(57)58/h1-18,21-22,44-45,52,56,59-60H,19-20,43H2,(H,65,66,67). The molecular formula is C42H33N11O19S5. The molecule has 35 heteroatoms. The molecule has 0 atom stereocenters. The lowest BCUT2D eigenvalue weighted by molar-refractivity contribution is -0.434. The number of azo groups is 2. The van der Waals surface area contributed by atoms with E-state index in [9.17, 15) is 54.6 Å². The molecule has 0 unspecified atom stereocenters. The number of nitro benzene ring substituents is 1. The maximum absolute atomic E-state index is 13.3. The molecule has 0 bridgehead atoms. The number of non-ortho nitro benzene ring substituents is 1. The summed E-state index contributed by atoms with van der Waals surface area (Å²) in [5.74, 6) is -1.40. The summed E-state index contributed by atoms with van der Waals surface area (Å²) in [6.07, 6.45) is 0. The van der Waals surface area contributed by atoms with Gasteiger partial charge in [0.05, 0.1) is 77.8 Å². The average Bonchev–Trinajstić information content (AvgIpc) is 3.45. The molecule has 0 fully saturated rings. The highest BCUT2D eigenvalue weighted by atomic mass is 32.2. The minimum Gasteiger partial charge on any atom is -0.505 e. The number of nitrogens with two attached hydrogens (primary N) is 1. The Morgan fingerprint density at radius 1 is 0.688 bits per heavy atom. The van der Waals surface area contributed by atoms with E-state index in [-0.39, 0.29) is 89.6 Å². The Labute approximate surface area is 439 Å². The zero-order chi connectivity index (χ0) is 55.5. The number of benzene rings is 7. The number of anilines is 4. The third kappa shape index (κ3) is 14.2. The summed E-state index contributed by atoms with van der Waals surface area (Å²) in [6.45, 7) is -0.338. The van der Waals surface area contributed by atoms with Crippen molar-refractivity contribution in [3.8, 4) is 5.75 Å². The quantitative estimate of drug-likeness (QED) is 0.00490. The van der Waals surface area contributed by atoms with Crippen molar-refractivity contribution in [3.05, 3.63) is 163 Å². The van der Waals surface area contributed by atoms with Gasteiger partial charge < -0.3 is 10.8 Å². The number of hydrogen-bond acceptors (Lipinski definition) is 29. The number of nitro groups is 1. The number of nitrogens with one attached hydrogen (secondary N) is 3. The summed E-state index contributed by atoms with van der Waals surface area (Å²) < 4.78 is 103. The minimum absolute atomic E-state index is 0.0142. The Morgan fingerprint density at radius 2 is 1.26 bits per heavy atom. The SMILES string of the molecule is Nc1c(N=Nc2ccc(S(=O)(=O)CCOSOOO)cc2)c(SOOO)cc2cc(S(=O)(=O)O)c(N=Nc3ccc(NS(=O)(=O)c4ccc(NN=c5c(=O)ccc(=NNc6ccc([N+](=O)[O-])cc6)c5=O)cc4)cc3)c(O)c12. The van der Waals surface area contributed by atoms with Crippen molar-refractivity contribution >= 4 is 116 Å². The maximum Gasteiger partial charge on any atom is 0.296 e. The van der Waals surface area contributed by atoms with E-state index in [1.54, 1.807) is 0 Å². The molecule has 0 heterocycles. The first-order chi connectivity index (χ1) is 36.7. The predicted molar refractivity (Wildman–Crippen MR) is 272 cm³/mol. The number of aromatic hydroxyl groups is 1. The second kappa shape index (κ2) is 24.7. The van der Waals surface area contributed by atoms with Crippen LogP contribution in [0.4, 0.5) is 51.2 Å². The van der Waals surface area contributed by atoms with E-state index in [4.69, 9.17) is 20.4 Å². The molecule has 0 saturated heterocycles. The first kappa shape index (κ1) is 56.6. The molecule has 7 aromatic carbocycles. The van der Waals surface area contributed by atoms with Crippen LogP contribution in [0, 0.1) is 10.1 Å². The van der Waals surface area contributed by atoms with Gasteiger partial charge in [-0.3, -0.25) is 44.0 Å². The largest absolute Gasteiger partial charge is 0.505 e. The number of rotatable bonds is 23. The summed E-state index contributed by atoms with van der Waals surface area (Å²) in [4.78, 5) is 34.4. The summed E-state index contributed by atoms with van der Waals surface area (Å²) >= 11 is 0.525. The van der Waals surface area contributed by atoms with Crippen LogP contribution in [0.5, 0.6) is 5.75 Å². The number of fused-ring (bicyclic) bond motifs is 1. The van der Waals surface area contributed by atoms with Crippen LogP contribution >= 0.6 is 24.4 Å². The highest BCUT2D eigenvalue weighted by Crippen LogP contribution is 2.49. The molecule has 30 nitrogen and oxygen atoms in total. The van der Waals surface area contributed by atoms with Crippen LogP contribution in [-0.4, -0.2) is 62.7 Å². The van der Waals surface area contributed by atoms with E-state index in [0.29, 0.717) is 17.7 Å². The topological polar surface area (TPSA) is 443 Å². The molecule has 0 aliphatic rings. The highest BCUT2D eigenvalue weighted by Gasteiger charge is 2.26. The van der Waals surface area contributed by atoms with E-state index >= 15 is 0 Å². The van der Waals surface area contributed by atoms with Crippen LogP contribution in [0.25, 0.3) is 10.8 Å². The summed E-state index contributed by atoms with van der Waals surface area (Å²) in [7, 11) is -13.3. The van der Waals surface area contributed by atoms with Gasteiger partial charge in [0.15, 0.2) is 33.3 Å². The Morgan fingerprint density at radius 3 is 1.87 bits per heavy atom. The van der Waals surface area contributed by atoms with Crippen molar-refractivity contribution < 1.29 is 73.3 Å². The molecule has 7 aromatic rings. The van der Waals surface area contributed by atoms with Gasteiger partial charge in [0.25, 0.3) is 25.8 Å². The van der Waals surface area contributed by atoms with Crippen LogP contribution in [0.1, 0.15) is 0 Å². The normalized spacial score (nSPS) is 12.7. The summed E-state index contributed by atoms with van der Waals surface area (Å²) in [5, 5.41) is 69.1. The number of sulfonamides is 1. The van der Waals surface area contributed by atoms with Gasteiger partial charge in [0, 0.05) is 17.8 Å². The fourth-order valence-electron chi connectivity index (χ4n) is 6.44. The fourth-order valence-corrected chi connectivity index (χ4v) is 10.1. The molecule has 77 heavy (non-hydrogen) atoms. The molecule has 400 valence electrons. The third-order valence-corrected chi connectivity index (χ3v) is 15.0. The van der Waals surface area contributed by atoms with Gasteiger partial charge in [-0.05, 0) is 115 Å². The van der Waals surface area contributed by atoms with E-state index in [0.717, 1.165) is 18.2 Å². The van der Waals surface area contributed by atoms with Crippen molar-refractivity contribution in [3.63, 3.8) is 0 Å². The lowest BCUT2D eigenvalue weighted by Gasteiger charge is -2.14. The smallest absolute Gasteiger partial charge is 0.296 e. The van der Waals surface area contributed by atoms with Gasteiger partial charge in [0.1, 0.15) is 21.6 Å². The number of phenolic OH excluding ortho intramolecular Hbond substituents is 1. The highest BCUT2D eigenvalue weighted by molar-refractivity contribution is 7.94. The molecule has 0 aromatic heterocycles. The first-order valence-corrected chi connectivity index (χ1v) is 26.8. The minimum atomic E-state index is -5.16. The molecule has 0 amide bonds. The Balaban J connectivity index is 1.07. The lowest BCUT2D eigenvalue weighted by atomic mass is 10.1. The van der Waals surface area contributed by atoms with Crippen molar-refractivity contribution in [2.45, 2.75) is 19.6 Å². The Kier molecular flexibility index (Phi) is 18.1. The Bertz CT molecular complexity index is 4000. The molecule has 7 rings (SSSR count). The van der Waals surface area contributed by atoms with Gasteiger partial charge in [-0.2, -0.15) is 28.8 Å². The number of hydrogen-bond donors (Lipinski definition) is 8. The second-order valence-electron chi connectivity index (χ2n) is 14.9. The zero-order valence-electron chi connectivity index (χ0n) is 38.1. The molecule has 0 aliphatic carbocycles. The van der Waals surface area contributed by atoms with Gasteiger partial charge in [-0.1, -0.05) is 10.1 Å². The van der Waals surface area contributed by atoms with E-state index in [1.807, 2.05) is 0 Å². The molecule has 9 N–H and O–H groups in total. The molecule has 0 saturated carbocycles. The van der Waals surface area contributed by atoms with Crippen LogP contribution in [0.3, 0.4) is 0 Å². The van der Waals surface area contributed by atoms with Gasteiger partial charge >= 0.3 is 0 Å². The van der Waals surface area contributed by atoms with Gasteiger partial charge in [-0.15, -0.1) is 18.9 Å². The molecule has 0 spiro atoms. The number of nitrogens with zero attached hydrogens (tertiary/aromatic N) is 7. The summed E-state index contributed by atoms with van der Waals surface area (Å²) in [6, 6.07) is 24.6. The molecule has 0 aliphatic heterocycles. The zero-order valence-corrected chi connectivity index (χ0v) is 42.2. The van der Waals surface area contributed by atoms with Gasteiger partial charge in [-0.25, -0.2) is 27.4 Å². The van der Waals surface area contributed by atoms with Crippen molar-refractivity contribution in [2.75, 3.05) is 33.7 Å². The monoisotopic (exact) mass is 1160 g/mol. The number of phenols is 1. The average molecular weight is 1160 g/mol. The Hall–Kier alpha value is -8.17. The van der Waals surface area contributed by atoms with Crippen LogP contribution in [0.2, 0.25) is 0 Å². The molecule has 0 radical (unpaired) electrons. The number of nitrogen functional groups attached to an aromatic ring is 1. The van der Waals surface area contributed by atoms with Gasteiger partial charge in [0.2, 0.25) is 10.9 Å². The van der Waals surface area contributed by atoms with E-state index < -0.39 is 73.2 Å². The fraction of sp³-hybridized carbons (Fsp3) is 0.0476.